The summed E-state index contributed by atoms with van der Waals surface area (Å²) in [5.74, 6) is 0.0143. The van der Waals surface area contributed by atoms with Crippen LogP contribution in [0.3, 0.4) is 0 Å². The number of benzene rings is 2. The second-order valence-electron chi connectivity index (χ2n) is 3.82. The van der Waals surface area contributed by atoms with Crippen LogP contribution in [0.15, 0.2) is 46.9 Å². The van der Waals surface area contributed by atoms with Gasteiger partial charge in [0.05, 0.1) is 5.02 Å². The first kappa shape index (κ1) is 13.6. The Bertz CT molecular complexity index is 596. The molecular weight excluding hydrogens is 335 g/mol. The van der Waals surface area contributed by atoms with Gasteiger partial charge in [0.25, 0.3) is 0 Å². The van der Waals surface area contributed by atoms with Gasteiger partial charge in [-0.05, 0) is 45.8 Å². The van der Waals surface area contributed by atoms with Crippen molar-refractivity contribution in [1.29, 1.82) is 0 Å². The zero-order valence-electron chi connectivity index (χ0n) is 9.29. The van der Waals surface area contributed by atoms with Crippen molar-refractivity contribution < 1.29 is 4.79 Å². The van der Waals surface area contributed by atoms with Gasteiger partial charge in [0.15, 0.2) is 5.78 Å². The molecule has 0 aliphatic carbocycles. The Hall–Kier alpha value is -0.830. The minimum atomic E-state index is 0.0143. The highest BCUT2D eigenvalue weighted by molar-refractivity contribution is 9.10. The summed E-state index contributed by atoms with van der Waals surface area (Å²) < 4.78 is 0.717. The molecule has 0 amide bonds. The molecule has 0 N–H and O–H groups in total. The Morgan fingerprint density at radius 1 is 1.06 bits per heavy atom. The lowest BCUT2D eigenvalue weighted by Crippen LogP contribution is -2.04. The lowest BCUT2D eigenvalue weighted by molar-refractivity contribution is 0.0993. The Balaban J connectivity index is 2.22. The molecule has 92 valence electrons. The van der Waals surface area contributed by atoms with Crippen LogP contribution in [0.5, 0.6) is 0 Å². The summed E-state index contributed by atoms with van der Waals surface area (Å²) in [6, 6.07) is 12.5. The molecule has 1 nitrogen and oxygen atoms in total. The fourth-order valence-corrected chi connectivity index (χ4v) is 2.29. The van der Waals surface area contributed by atoms with Crippen LogP contribution in [0.1, 0.15) is 15.9 Å². The van der Waals surface area contributed by atoms with Crippen molar-refractivity contribution in [1.82, 2.24) is 0 Å². The molecule has 0 aliphatic heterocycles. The van der Waals surface area contributed by atoms with Crippen LogP contribution < -0.4 is 0 Å². The van der Waals surface area contributed by atoms with Gasteiger partial charge in [0.1, 0.15) is 0 Å². The summed E-state index contributed by atoms with van der Waals surface area (Å²) >= 11 is 15.2. The van der Waals surface area contributed by atoms with E-state index in [4.69, 9.17) is 23.2 Å². The van der Waals surface area contributed by atoms with E-state index in [0.717, 1.165) is 5.56 Å². The minimum Gasteiger partial charge on any atom is -0.294 e. The van der Waals surface area contributed by atoms with Crippen LogP contribution in [0, 0.1) is 0 Å². The van der Waals surface area contributed by atoms with Gasteiger partial charge in [-0.1, -0.05) is 41.4 Å². The zero-order chi connectivity index (χ0) is 13.1. The van der Waals surface area contributed by atoms with Gasteiger partial charge in [-0.3, -0.25) is 4.79 Å². The smallest absolute Gasteiger partial charge is 0.167 e. The van der Waals surface area contributed by atoms with E-state index in [1.807, 2.05) is 18.2 Å². The summed E-state index contributed by atoms with van der Waals surface area (Å²) in [4.78, 5) is 12.1. The fourth-order valence-electron chi connectivity index (χ4n) is 1.59. The van der Waals surface area contributed by atoms with E-state index in [1.165, 1.54) is 0 Å². The Labute approximate surface area is 124 Å². The van der Waals surface area contributed by atoms with Crippen molar-refractivity contribution in [3.05, 3.63) is 68.1 Å². The van der Waals surface area contributed by atoms with Gasteiger partial charge < -0.3 is 0 Å². The first-order valence-corrected chi connectivity index (χ1v) is 6.84. The average Bonchev–Trinajstić information content (AvgIpc) is 2.35. The Kier molecular flexibility index (Phi) is 4.44. The number of ketones is 1. The summed E-state index contributed by atoms with van der Waals surface area (Å²) in [5, 5.41) is 1.20. The first-order valence-electron chi connectivity index (χ1n) is 5.29. The van der Waals surface area contributed by atoms with E-state index in [2.05, 4.69) is 15.9 Å². The Morgan fingerprint density at radius 2 is 1.78 bits per heavy atom. The van der Waals surface area contributed by atoms with Gasteiger partial charge in [-0.25, -0.2) is 0 Å². The van der Waals surface area contributed by atoms with Crippen LogP contribution in [0.4, 0.5) is 0 Å². The molecule has 0 radical (unpaired) electrons. The van der Waals surface area contributed by atoms with Crippen molar-refractivity contribution in [2.24, 2.45) is 0 Å². The molecule has 0 aromatic heterocycles. The van der Waals surface area contributed by atoms with Crippen molar-refractivity contribution in [3.63, 3.8) is 0 Å². The molecule has 2 aromatic rings. The number of rotatable bonds is 3. The molecule has 0 atom stereocenters. The van der Waals surface area contributed by atoms with Crippen LogP contribution in [-0.2, 0) is 6.42 Å². The summed E-state index contributed by atoms with van der Waals surface area (Å²) in [6.07, 6.45) is 0.285. The van der Waals surface area contributed by atoms with Crippen molar-refractivity contribution >= 4 is 44.9 Å². The zero-order valence-corrected chi connectivity index (χ0v) is 12.4. The predicted molar refractivity (Wildman–Crippen MR) is 78.6 cm³/mol. The number of carbonyl (C=O) groups excluding carboxylic acids is 1. The third-order valence-corrected chi connectivity index (χ3v) is 4.13. The molecule has 0 aliphatic rings. The standard InChI is InChI=1S/C14H9BrCl2O/c15-11-7-10(5-6-13(11)17)14(18)8-9-3-1-2-4-12(9)16/h1-7H,8H2. The topological polar surface area (TPSA) is 17.1 Å². The van der Waals surface area contributed by atoms with Gasteiger partial charge in [0.2, 0.25) is 0 Å². The molecule has 0 bridgehead atoms. The number of carbonyl (C=O) groups is 1. The highest BCUT2D eigenvalue weighted by Gasteiger charge is 2.10. The maximum atomic E-state index is 12.1. The minimum absolute atomic E-state index is 0.0143. The van der Waals surface area contributed by atoms with Crippen LogP contribution in [0.2, 0.25) is 10.0 Å². The SMILES string of the molecule is O=C(Cc1ccccc1Cl)c1ccc(Cl)c(Br)c1. The molecule has 0 heterocycles. The van der Waals surface area contributed by atoms with E-state index >= 15 is 0 Å². The lowest BCUT2D eigenvalue weighted by atomic mass is 10.0. The number of hydrogen-bond acceptors (Lipinski definition) is 1. The second-order valence-corrected chi connectivity index (χ2v) is 5.49. The van der Waals surface area contributed by atoms with Crippen molar-refractivity contribution in [2.45, 2.75) is 6.42 Å². The maximum absolute atomic E-state index is 12.1. The largest absolute Gasteiger partial charge is 0.294 e. The summed E-state index contributed by atoms with van der Waals surface area (Å²) in [5.41, 5.74) is 1.45. The number of halogens is 3. The monoisotopic (exact) mass is 342 g/mol. The summed E-state index contributed by atoms with van der Waals surface area (Å²) in [7, 11) is 0. The van der Waals surface area contributed by atoms with Gasteiger partial charge in [-0.15, -0.1) is 0 Å². The van der Waals surface area contributed by atoms with Gasteiger partial charge >= 0.3 is 0 Å². The fraction of sp³-hybridized carbons (Fsp3) is 0.0714. The number of Topliss-reactive ketones (excluding diaryl/α,β-unsaturated/α-hetero) is 1. The molecular formula is C14H9BrCl2O. The second kappa shape index (κ2) is 5.87. The van der Waals surface area contributed by atoms with E-state index in [9.17, 15) is 4.79 Å². The normalized spacial score (nSPS) is 10.4. The quantitative estimate of drug-likeness (QED) is 0.701. The third kappa shape index (κ3) is 3.14. The van der Waals surface area contributed by atoms with Crippen LogP contribution in [0.25, 0.3) is 0 Å². The lowest BCUT2D eigenvalue weighted by Gasteiger charge is -2.05. The highest BCUT2D eigenvalue weighted by Crippen LogP contribution is 2.24. The molecule has 0 spiro atoms. The molecule has 0 saturated heterocycles. The van der Waals surface area contributed by atoms with E-state index in [0.29, 0.717) is 20.1 Å². The van der Waals surface area contributed by atoms with Crippen molar-refractivity contribution in [2.75, 3.05) is 0 Å². The average molecular weight is 344 g/mol. The van der Waals surface area contributed by atoms with Crippen LogP contribution >= 0.6 is 39.1 Å². The van der Waals surface area contributed by atoms with Crippen molar-refractivity contribution in [3.8, 4) is 0 Å². The molecule has 18 heavy (non-hydrogen) atoms. The maximum Gasteiger partial charge on any atom is 0.167 e. The van der Waals surface area contributed by atoms with Gasteiger partial charge in [-0.2, -0.15) is 0 Å². The van der Waals surface area contributed by atoms with Gasteiger partial charge in [0, 0.05) is 21.5 Å². The predicted octanol–water partition coefficient (Wildman–Crippen LogP) is 5.18. The molecule has 4 heteroatoms. The molecule has 0 saturated carbocycles. The molecule has 0 fully saturated rings. The summed E-state index contributed by atoms with van der Waals surface area (Å²) in [6.45, 7) is 0. The van der Waals surface area contributed by atoms with Crippen LogP contribution in [-0.4, -0.2) is 5.78 Å². The Morgan fingerprint density at radius 3 is 2.44 bits per heavy atom. The molecule has 2 aromatic carbocycles. The highest BCUT2D eigenvalue weighted by atomic mass is 79.9. The van der Waals surface area contributed by atoms with E-state index in [-0.39, 0.29) is 12.2 Å². The van der Waals surface area contributed by atoms with E-state index in [1.54, 1.807) is 24.3 Å². The molecule has 2 rings (SSSR count). The molecule has 0 unspecified atom stereocenters. The number of hydrogen-bond donors (Lipinski definition) is 0. The first-order chi connectivity index (χ1) is 8.58. The third-order valence-electron chi connectivity index (χ3n) is 2.55. The van der Waals surface area contributed by atoms with E-state index < -0.39 is 0 Å².